The fourth-order valence-electron chi connectivity index (χ4n) is 4.03. The maximum absolute atomic E-state index is 12.5. The number of aromatic nitrogens is 3. The molecule has 1 saturated heterocycles. The van der Waals surface area contributed by atoms with E-state index in [0.717, 1.165) is 50.5 Å². The highest BCUT2D eigenvalue weighted by molar-refractivity contribution is 5.74. The lowest BCUT2D eigenvalue weighted by Crippen LogP contribution is -2.45. The molecule has 0 aliphatic carbocycles. The van der Waals surface area contributed by atoms with Gasteiger partial charge < -0.3 is 15.5 Å². The molecule has 31 heavy (non-hydrogen) atoms. The number of hydrogen-bond acceptors (Lipinski definition) is 5. The van der Waals surface area contributed by atoms with Crippen LogP contribution in [-0.4, -0.2) is 63.2 Å². The Kier molecular flexibility index (Phi) is 6.79. The Balaban J connectivity index is 1.32. The molecule has 2 amide bonds. The van der Waals surface area contributed by atoms with E-state index in [0.29, 0.717) is 12.4 Å². The number of nitrogens with one attached hydrogen (secondary N) is 2. The van der Waals surface area contributed by atoms with E-state index < -0.39 is 0 Å². The van der Waals surface area contributed by atoms with Crippen LogP contribution in [0.25, 0.3) is 5.65 Å². The molecule has 0 spiro atoms. The van der Waals surface area contributed by atoms with E-state index in [4.69, 9.17) is 0 Å². The third-order valence-corrected chi connectivity index (χ3v) is 5.94. The second kappa shape index (κ2) is 9.89. The molecule has 1 aliphatic rings. The summed E-state index contributed by atoms with van der Waals surface area (Å²) in [6.45, 7) is 11.1. The first kappa shape index (κ1) is 21.3. The lowest BCUT2D eigenvalue weighted by Gasteiger charge is -2.34. The van der Waals surface area contributed by atoms with Crippen LogP contribution in [0.1, 0.15) is 36.8 Å². The van der Waals surface area contributed by atoms with Gasteiger partial charge in [0.2, 0.25) is 0 Å². The number of nitrogens with zero attached hydrogens (tertiary/aromatic N) is 5. The van der Waals surface area contributed by atoms with Crippen molar-refractivity contribution in [2.24, 2.45) is 0 Å². The second-order valence-electron chi connectivity index (χ2n) is 8.01. The summed E-state index contributed by atoms with van der Waals surface area (Å²) in [6, 6.07) is 13.6. The SMILES string of the molecule is CCN1CCN(Cc2ccccc2CNC(=O)NC(C)c2nnc3ccccn23)CC1. The fraction of sp³-hybridized carbons (Fsp3) is 0.435. The summed E-state index contributed by atoms with van der Waals surface area (Å²) in [4.78, 5) is 17.5. The quantitative estimate of drug-likeness (QED) is 0.613. The Morgan fingerprint density at radius 3 is 2.48 bits per heavy atom. The summed E-state index contributed by atoms with van der Waals surface area (Å²) in [5, 5.41) is 14.3. The zero-order valence-electron chi connectivity index (χ0n) is 18.3. The molecule has 2 aromatic heterocycles. The summed E-state index contributed by atoms with van der Waals surface area (Å²) in [5.74, 6) is 0.706. The van der Waals surface area contributed by atoms with Crippen molar-refractivity contribution in [1.29, 1.82) is 0 Å². The molecular weight excluding hydrogens is 390 g/mol. The number of urea groups is 1. The van der Waals surface area contributed by atoms with Crippen molar-refractivity contribution in [2.75, 3.05) is 32.7 Å². The normalized spacial score (nSPS) is 16.3. The van der Waals surface area contributed by atoms with Crippen molar-refractivity contribution in [3.8, 4) is 0 Å². The monoisotopic (exact) mass is 421 g/mol. The molecule has 164 valence electrons. The Morgan fingerprint density at radius 1 is 1.00 bits per heavy atom. The molecule has 1 aliphatic heterocycles. The van der Waals surface area contributed by atoms with Crippen LogP contribution < -0.4 is 10.6 Å². The molecule has 4 rings (SSSR count). The van der Waals surface area contributed by atoms with E-state index in [1.165, 1.54) is 5.56 Å². The minimum atomic E-state index is -0.262. The zero-order valence-corrected chi connectivity index (χ0v) is 18.3. The van der Waals surface area contributed by atoms with E-state index in [1.54, 1.807) is 0 Å². The molecule has 1 atom stereocenters. The van der Waals surface area contributed by atoms with Crippen LogP contribution in [0.3, 0.4) is 0 Å². The smallest absolute Gasteiger partial charge is 0.315 e. The lowest BCUT2D eigenvalue weighted by molar-refractivity contribution is 0.131. The summed E-state index contributed by atoms with van der Waals surface area (Å²) in [6.07, 6.45) is 1.90. The minimum Gasteiger partial charge on any atom is -0.334 e. The first-order valence-electron chi connectivity index (χ1n) is 11.0. The third-order valence-electron chi connectivity index (χ3n) is 5.94. The summed E-state index contributed by atoms with van der Waals surface area (Å²) < 4.78 is 1.89. The van der Waals surface area contributed by atoms with E-state index in [2.05, 4.69) is 55.8 Å². The minimum absolute atomic E-state index is 0.216. The molecule has 1 aromatic carbocycles. The zero-order chi connectivity index (χ0) is 21.6. The van der Waals surface area contributed by atoms with Crippen molar-refractivity contribution in [2.45, 2.75) is 33.0 Å². The van der Waals surface area contributed by atoms with Crippen LogP contribution in [0.2, 0.25) is 0 Å². The number of carbonyl (C=O) groups excluding carboxylic acids is 1. The molecule has 1 unspecified atom stereocenters. The molecule has 8 heteroatoms. The predicted molar refractivity (Wildman–Crippen MR) is 121 cm³/mol. The van der Waals surface area contributed by atoms with Crippen LogP contribution in [0, 0.1) is 0 Å². The fourth-order valence-corrected chi connectivity index (χ4v) is 4.03. The molecule has 0 saturated carbocycles. The Morgan fingerprint density at radius 2 is 1.71 bits per heavy atom. The number of piperazine rings is 1. The molecule has 8 nitrogen and oxygen atoms in total. The van der Waals surface area contributed by atoms with Crippen molar-refractivity contribution in [3.63, 3.8) is 0 Å². The topological polar surface area (TPSA) is 77.8 Å². The first-order valence-corrected chi connectivity index (χ1v) is 11.0. The Hall–Kier alpha value is -2.97. The lowest BCUT2D eigenvalue weighted by atomic mass is 10.1. The van der Waals surface area contributed by atoms with Crippen LogP contribution >= 0.6 is 0 Å². The van der Waals surface area contributed by atoms with Gasteiger partial charge in [0.05, 0.1) is 6.04 Å². The van der Waals surface area contributed by atoms with Gasteiger partial charge in [-0.1, -0.05) is 37.3 Å². The van der Waals surface area contributed by atoms with Gasteiger partial charge in [0.1, 0.15) is 0 Å². The van der Waals surface area contributed by atoms with E-state index in [9.17, 15) is 4.79 Å². The van der Waals surface area contributed by atoms with Gasteiger partial charge >= 0.3 is 6.03 Å². The third kappa shape index (κ3) is 5.21. The summed E-state index contributed by atoms with van der Waals surface area (Å²) in [7, 11) is 0. The average molecular weight is 422 g/mol. The molecule has 0 radical (unpaired) electrons. The maximum atomic E-state index is 12.5. The maximum Gasteiger partial charge on any atom is 0.315 e. The number of carbonyl (C=O) groups is 1. The highest BCUT2D eigenvalue weighted by Gasteiger charge is 2.18. The van der Waals surface area contributed by atoms with Gasteiger partial charge in [0.15, 0.2) is 11.5 Å². The van der Waals surface area contributed by atoms with Gasteiger partial charge in [-0.15, -0.1) is 10.2 Å². The highest BCUT2D eigenvalue weighted by Crippen LogP contribution is 2.14. The van der Waals surface area contributed by atoms with Gasteiger partial charge in [-0.3, -0.25) is 9.30 Å². The number of benzene rings is 1. The van der Waals surface area contributed by atoms with Crippen molar-refractivity contribution < 1.29 is 4.79 Å². The van der Waals surface area contributed by atoms with Crippen LogP contribution in [0.4, 0.5) is 4.79 Å². The van der Waals surface area contributed by atoms with Crippen molar-refractivity contribution >= 4 is 11.7 Å². The number of fused-ring (bicyclic) bond motifs is 1. The van der Waals surface area contributed by atoms with E-state index in [-0.39, 0.29) is 12.1 Å². The largest absolute Gasteiger partial charge is 0.334 e. The van der Waals surface area contributed by atoms with Gasteiger partial charge in [-0.05, 0) is 36.7 Å². The molecule has 2 N–H and O–H groups in total. The molecular formula is C23H31N7O. The Labute approximate surface area is 183 Å². The van der Waals surface area contributed by atoms with E-state index in [1.807, 2.05) is 41.8 Å². The number of rotatable bonds is 7. The molecule has 3 heterocycles. The standard InChI is InChI=1S/C23H31N7O/c1-3-28-12-14-29(15-13-28)17-20-9-5-4-8-19(20)16-24-23(31)25-18(2)22-27-26-21-10-6-7-11-30(21)22/h4-11,18H,3,12-17H2,1-2H3,(H2,24,25,31). The molecule has 3 aromatic rings. The Bertz CT molecular complexity index is 1010. The molecule has 0 bridgehead atoms. The van der Waals surface area contributed by atoms with Gasteiger partial charge in [-0.2, -0.15) is 0 Å². The number of likely N-dealkylation sites (N-methyl/N-ethyl adjacent to an activating group) is 1. The van der Waals surface area contributed by atoms with Crippen molar-refractivity contribution in [1.82, 2.24) is 35.0 Å². The first-order chi connectivity index (χ1) is 15.1. The number of amides is 2. The van der Waals surface area contributed by atoms with Gasteiger partial charge in [0.25, 0.3) is 0 Å². The van der Waals surface area contributed by atoms with Crippen LogP contribution in [0.5, 0.6) is 0 Å². The van der Waals surface area contributed by atoms with E-state index >= 15 is 0 Å². The second-order valence-corrected chi connectivity index (χ2v) is 8.01. The number of pyridine rings is 1. The highest BCUT2D eigenvalue weighted by atomic mass is 16.2. The van der Waals surface area contributed by atoms with Crippen LogP contribution in [0.15, 0.2) is 48.7 Å². The molecule has 1 fully saturated rings. The number of hydrogen-bond donors (Lipinski definition) is 2. The van der Waals surface area contributed by atoms with Crippen LogP contribution in [-0.2, 0) is 13.1 Å². The van der Waals surface area contributed by atoms with Gasteiger partial charge in [-0.25, -0.2) is 4.79 Å². The average Bonchev–Trinajstić information content (AvgIpc) is 3.23. The summed E-state index contributed by atoms with van der Waals surface area (Å²) in [5.41, 5.74) is 3.18. The van der Waals surface area contributed by atoms with Crippen molar-refractivity contribution in [3.05, 3.63) is 65.6 Å². The van der Waals surface area contributed by atoms with Gasteiger partial charge in [0, 0.05) is 45.5 Å². The summed E-state index contributed by atoms with van der Waals surface area (Å²) >= 11 is 0. The predicted octanol–water partition coefficient (Wildman–Crippen LogP) is 2.43.